The van der Waals surface area contributed by atoms with Crippen molar-refractivity contribution in [3.63, 3.8) is 0 Å². The summed E-state index contributed by atoms with van der Waals surface area (Å²) in [5, 5.41) is 6.40. The lowest BCUT2D eigenvalue weighted by Gasteiger charge is -2.08. The molecule has 102 valence electrons. The van der Waals surface area contributed by atoms with E-state index < -0.39 is 12.1 Å². The minimum absolute atomic E-state index is 0.0156. The Hall–Kier alpha value is -2.12. The Balaban J connectivity index is 2.31. The van der Waals surface area contributed by atoms with Crippen molar-refractivity contribution < 1.29 is 18.0 Å². The van der Waals surface area contributed by atoms with Gasteiger partial charge in [-0.2, -0.15) is 18.3 Å². The molecule has 0 aromatic carbocycles. The topological polar surface area (TPSA) is 59.8 Å². The summed E-state index contributed by atoms with van der Waals surface area (Å²) in [4.78, 5) is 14.8. The van der Waals surface area contributed by atoms with Gasteiger partial charge in [-0.25, -0.2) is 9.67 Å². The van der Waals surface area contributed by atoms with Crippen molar-refractivity contribution >= 4 is 22.6 Å². The Kier molecular flexibility index (Phi) is 3.17. The van der Waals surface area contributed by atoms with Gasteiger partial charge in [0, 0.05) is 11.4 Å². The second kappa shape index (κ2) is 4.52. The van der Waals surface area contributed by atoms with Crippen molar-refractivity contribution in [3.8, 4) is 0 Å². The summed E-state index contributed by atoms with van der Waals surface area (Å²) in [6.45, 7) is 3.82. The zero-order valence-corrected chi connectivity index (χ0v) is 10.2. The summed E-state index contributed by atoms with van der Waals surface area (Å²) in [5.41, 5.74) is 0.540. The van der Waals surface area contributed by atoms with Crippen LogP contribution in [0.4, 0.5) is 18.9 Å². The molecule has 0 bridgehead atoms. The standard InChI is InChI=1S/C11H11F3N4O/c1-6(2)18-9-7(4-16-18)3-8(5-15-9)17-10(19)11(12,13)14/h3-6H,1-2H3,(H,17,19). The van der Waals surface area contributed by atoms with Gasteiger partial charge in [0.25, 0.3) is 0 Å². The number of pyridine rings is 1. The highest BCUT2D eigenvalue weighted by molar-refractivity contribution is 5.96. The normalized spacial score (nSPS) is 12.1. The molecule has 5 nitrogen and oxygen atoms in total. The molecule has 2 aromatic rings. The Morgan fingerprint density at radius 2 is 2.05 bits per heavy atom. The van der Waals surface area contributed by atoms with Crippen LogP contribution in [0.25, 0.3) is 11.0 Å². The molecule has 0 radical (unpaired) electrons. The molecule has 0 fully saturated rings. The molecule has 1 N–H and O–H groups in total. The van der Waals surface area contributed by atoms with E-state index in [-0.39, 0.29) is 11.7 Å². The highest BCUT2D eigenvalue weighted by atomic mass is 19.4. The van der Waals surface area contributed by atoms with E-state index in [1.165, 1.54) is 18.5 Å². The van der Waals surface area contributed by atoms with Crippen LogP contribution in [0, 0.1) is 0 Å². The average Bonchev–Trinajstić information content (AvgIpc) is 2.70. The SMILES string of the molecule is CC(C)n1ncc2cc(NC(=O)C(F)(F)F)cnc21. The third-order valence-corrected chi connectivity index (χ3v) is 2.44. The fraction of sp³-hybridized carbons (Fsp3) is 0.364. The number of hydrogen-bond acceptors (Lipinski definition) is 3. The Morgan fingerprint density at radius 1 is 1.37 bits per heavy atom. The van der Waals surface area contributed by atoms with Gasteiger partial charge < -0.3 is 5.32 Å². The van der Waals surface area contributed by atoms with Crippen LogP contribution in [0.3, 0.4) is 0 Å². The number of aromatic nitrogens is 3. The molecular formula is C11H11F3N4O. The van der Waals surface area contributed by atoms with Crippen LogP contribution in [0.5, 0.6) is 0 Å². The molecule has 0 atom stereocenters. The molecular weight excluding hydrogens is 261 g/mol. The number of nitrogens with one attached hydrogen (secondary N) is 1. The van der Waals surface area contributed by atoms with Gasteiger partial charge in [-0.1, -0.05) is 0 Å². The molecule has 0 unspecified atom stereocenters. The smallest absolute Gasteiger partial charge is 0.317 e. The summed E-state index contributed by atoms with van der Waals surface area (Å²) in [5.74, 6) is -2.02. The van der Waals surface area contributed by atoms with Crippen LogP contribution in [-0.4, -0.2) is 26.8 Å². The van der Waals surface area contributed by atoms with Crippen LogP contribution < -0.4 is 5.32 Å². The number of hydrogen-bond donors (Lipinski definition) is 1. The van der Waals surface area contributed by atoms with Crippen molar-refractivity contribution in [2.75, 3.05) is 5.32 Å². The monoisotopic (exact) mass is 272 g/mol. The molecule has 0 saturated heterocycles. The maximum atomic E-state index is 12.1. The van der Waals surface area contributed by atoms with Gasteiger partial charge in [0.15, 0.2) is 5.65 Å². The maximum absolute atomic E-state index is 12.1. The minimum Gasteiger partial charge on any atom is -0.317 e. The molecule has 2 rings (SSSR count). The Labute approximate surface area is 106 Å². The van der Waals surface area contributed by atoms with Gasteiger partial charge in [-0.3, -0.25) is 4.79 Å². The van der Waals surface area contributed by atoms with E-state index in [4.69, 9.17) is 0 Å². The van der Waals surface area contributed by atoms with Crippen LogP contribution in [0.15, 0.2) is 18.5 Å². The van der Waals surface area contributed by atoms with E-state index >= 15 is 0 Å². The quantitative estimate of drug-likeness (QED) is 0.913. The van der Waals surface area contributed by atoms with E-state index in [1.54, 1.807) is 10.00 Å². The van der Waals surface area contributed by atoms with Gasteiger partial charge in [-0.05, 0) is 19.9 Å². The highest BCUT2D eigenvalue weighted by Gasteiger charge is 2.38. The highest BCUT2D eigenvalue weighted by Crippen LogP contribution is 2.21. The summed E-state index contributed by atoms with van der Waals surface area (Å²) in [6, 6.07) is 1.48. The fourth-order valence-corrected chi connectivity index (χ4v) is 1.59. The van der Waals surface area contributed by atoms with Crippen LogP contribution in [0.2, 0.25) is 0 Å². The number of amides is 1. The molecule has 0 aliphatic heterocycles. The Morgan fingerprint density at radius 3 is 2.63 bits per heavy atom. The van der Waals surface area contributed by atoms with Gasteiger partial charge in [-0.15, -0.1) is 0 Å². The Bertz CT molecular complexity index is 618. The molecule has 1 amide bonds. The lowest BCUT2D eigenvalue weighted by atomic mass is 10.3. The first-order chi connectivity index (χ1) is 8.79. The number of anilines is 1. The summed E-state index contributed by atoms with van der Waals surface area (Å²) in [6.07, 6.45) is -2.25. The maximum Gasteiger partial charge on any atom is 0.471 e. The van der Waals surface area contributed by atoms with Crippen molar-refractivity contribution in [1.29, 1.82) is 0 Å². The number of rotatable bonds is 2. The van der Waals surface area contributed by atoms with Crippen LogP contribution >= 0.6 is 0 Å². The second-order valence-corrected chi connectivity index (χ2v) is 4.27. The molecule has 8 heteroatoms. The van der Waals surface area contributed by atoms with E-state index in [1.807, 2.05) is 13.8 Å². The summed E-state index contributed by atoms with van der Waals surface area (Å²) < 4.78 is 38.0. The van der Waals surface area contributed by atoms with Crippen molar-refractivity contribution in [2.45, 2.75) is 26.1 Å². The fourth-order valence-electron chi connectivity index (χ4n) is 1.59. The molecule has 2 heterocycles. The number of nitrogens with zero attached hydrogens (tertiary/aromatic N) is 3. The van der Waals surface area contributed by atoms with Crippen LogP contribution in [-0.2, 0) is 4.79 Å². The number of fused-ring (bicyclic) bond motifs is 1. The van der Waals surface area contributed by atoms with E-state index in [9.17, 15) is 18.0 Å². The molecule has 0 aliphatic rings. The minimum atomic E-state index is -4.92. The molecule has 2 aromatic heterocycles. The second-order valence-electron chi connectivity index (χ2n) is 4.27. The first kappa shape index (κ1) is 13.3. The van der Waals surface area contributed by atoms with Crippen LogP contribution in [0.1, 0.15) is 19.9 Å². The lowest BCUT2D eigenvalue weighted by Crippen LogP contribution is -2.29. The summed E-state index contributed by atoms with van der Waals surface area (Å²) in [7, 11) is 0. The third kappa shape index (κ3) is 2.67. The molecule has 0 spiro atoms. The molecule has 0 aliphatic carbocycles. The average molecular weight is 272 g/mol. The summed E-state index contributed by atoms with van der Waals surface area (Å²) >= 11 is 0. The van der Waals surface area contributed by atoms with Gasteiger partial charge in [0.1, 0.15) is 0 Å². The zero-order valence-electron chi connectivity index (χ0n) is 10.2. The number of halogens is 3. The molecule has 19 heavy (non-hydrogen) atoms. The van der Waals surface area contributed by atoms with Gasteiger partial charge in [0.2, 0.25) is 0 Å². The van der Waals surface area contributed by atoms with Gasteiger partial charge in [0.05, 0.1) is 18.1 Å². The van der Waals surface area contributed by atoms with E-state index in [0.717, 1.165) is 0 Å². The largest absolute Gasteiger partial charge is 0.471 e. The number of alkyl halides is 3. The predicted octanol–water partition coefficient (Wildman–Crippen LogP) is 2.51. The number of carbonyl (C=O) groups excluding carboxylic acids is 1. The predicted molar refractivity (Wildman–Crippen MR) is 62.6 cm³/mol. The zero-order chi connectivity index (χ0) is 14.2. The van der Waals surface area contributed by atoms with Crippen molar-refractivity contribution in [2.24, 2.45) is 0 Å². The first-order valence-electron chi connectivity index (χ1n) is 5.50. The van der Waals surface area contributed by atoms with Crippen molar-refractivity contribution in [3.05, 3.63) is 18.5 Å². The van der Waals surface area contributed by atoms with Gasteiger partial charge >= 0.3 is 12.1 Å². The lowest BCUT2D eigenvalue weighted by molar-refractivity contribution is -0.167. The first-order valence-corrected chi connectivity index (χ1v) is 5.50. The van der Waals surface area contributed by atoms with E-state index in [2.05, 4.69) is 10.1 Å². The third-order valence-electron chi connectivity index (χ3n) is 2.44. The van der Waals surface area contributed by atoms with Crippen molar-refractivity contribution in [1.82, 2.24) is 14.8 Å². The van der Waals surface area contributed by atoms with E-state index in [0.29, 0.717) is 11.0 Å². The molecule has 0 saturated carbocycles. The number of carbonyl (C=O) groups is 1.